The van der Waals surface area contributed by atoms with Gasteiger partial charge in [0.2, 0.25) is 0 Å². The monoisotopic (exact) mass is 619 g/mol. The number of fused-ring (bicyclic) bond motifs is 4. The Morgan fingerprint density at radius 2 is 1.72 bits per heavy atom. The Hall–Kier alpha value is -5.58. The number of hydrogen-bond donors (Lipinski definition) is 2. The molecule has 2 aliphatic heterocycles. The Labute approximate surface area is 264 Å². The second kappa shape index (κ2) is 10.8. The van der Waals surface area contributed by atoms with E-state index in [0.29, 0.717) is 16.8 Å². The average molecular weight is 620 g/mol. The zero-order valence-corrected chi connectivity index (χ0v) is 25.6. The van der Waals surface area contributed by atoms with Gasteiger partial charge in [-0.05, 0) is 54.3 Å². The highest BCUT2D eigenvalue weighted by molar-refractivity contribution is 6.12. The van der Waals surface area contributed by atoms with Gasteiger partial charge in [0.15, 0.2) is 11.5 Å². The number of allylic oxidation sites excluding steroid dienone is 3. The number of phenolic OH excluding ortho intramolecular Hbond substituents is 1. The summed E-state index contributed by atoms with van der Waals surface area (Å²) in [6.45, 7) is 2.09. The maximum Gasteiger partial charge on any atom is 0.347 e. The average Bonchev–Trinajstić information content (AvgIpc) is 3.42. The number of hydrazine groups is 1. The van der Waals surface area contributed by atoms with Crippen LogP contribution in [0.5, 0.6) is 11.5 Å². The topological polar surface area (TPSA) is 128 Å². The molecule has 7 rings (SSSR count). The van der Waals surface area contributed by atoms with E-state index < -0.39 is 46.5 Å². The third-order valence-corrected chi connectivity index (χ3v) is 9.59. The first kappa shape index (κ1) is 29.1. The van der Waals surface area contributed by atoms with Gasteiger partial charge < -0.3 is 9.84 Å². The number of phenols is 1. The van der Waals surface area contributed by atoms with E-state index in [1.54, 1.807) is 12.1 Å². The number of imide groups is 1. The summed E-state index contributed by atoms with van der Waals surface area (Å²) in [7, 11) is 2.90. The second-order valence-electron chi connectivity index (χ2n) is 12.0. The number of aromatic hydroxyl groups is 1. The van der Waals surface area contributed by atoms with Crippen LogP contribution in [0.4, 0.5) is 5.69 Å². The van der Waals surface area contributed by atoms with Crippen LogP contribution < -0.4 is 21.5 Å². The normalized spacial score (nSPS) is 23.6. The summed E-state index contributed by atoms with van der Waals surface area (Å²) < 4.78 is 9.21. The molecule has 2 N–H and O–H groups in total. The van der Waals surface area contributed by atoms with E-state index in [1.165, 1.54) is 29.6 Å². The van der Waals surface area contributed by atoms with Gasteiger partial charge >= 0.3 is 11.4 Å². The van der Waals surface area contributed by atoms with Crippen LogP contribution >= 0.6 is 0 Å². The van der Waals surface area contributed by atoms with Gasteiger partial charge in [0, 0.05) is 13.0 Å². The predicted octanol–water partition coefficient (Wildman–Crippen LogP) is 3.54. The first-order chi connectivity index (χ1) is 22.2. The number of anilines is 1. The van der Waals surface area contributed by atoms with Crippen LogP contribution in [0.15, 0.2) is 100 Å². The molecule has 3 aromatic carbocycles. The van der Waals surface area contributed by atoms with E-state index in [9.17, 15) is 24.3 Å². The molecule has 1 aliphatic carbocycles. The standard InChI is InChI=1S/C35H33N5O6/c1-21-9-13-24(14-10-21)36-39-31(42)27-20-28-25(17-18-38-33(44)37(2)34(45)40(28)38)26(15-11-22-12-16-29(41)30(19-22)46-3)35(27,32(39)43)23-7-5-4-6-8-23/h4-17,19,26-28,36,41H,18,20H2,1-3H3/t26-,27-,28+,35-/m0/s1. The highest BCUT2D eigenvalue weighted by Gasteiger charge is 2.67. The molecule has 1 aromatic heterocycles. The highest BCUT2D eigenvalue weighted by atomic mass is 16.5. The van der Waals surface area contributed by atoms with Gasteiger partial charge in [-0.3, -0.25) is 15.0 Å². The molecule has 1 saturated carbocycles. The van der Waals surface area contributed by atoms with Crippen LogP contribution in [0, 0.1) is 18.8 Å². The van der Waals surface area contributed by atoms with Crippen molar-refractivity contribution in [1.29, 1.82) is 0 Å². The second-order valence-corrected chi connectivity index (χ2v) is 12.0. The number of aryl methyl sites for hydroxylation is 1. The number of rotatable bonds is 6. The SMILES string of the molecule is COc1cc(C=C[C@H]2C3=CCn4c(=O)n(C)c(=O)n4[C@@H]3C[C@H]3C(=O)N(Nc4ccc(C)cc4)C(=O)[C@@]23c2ccccc2)ccc1O. The van der Waals surface area contributed by atoms with Crippen molar-refractivity contribution >= 4 is 23.6 Å². The van der Waals surface area contributed by atoms with E-state index in [0.717, 1.165) is 20.7 Å². The van der Waals surface area contributed by atoms with Crippen LogP contribution in [0.25, 0.3) is 6.08 Å². The van der Waals surface area contributed by atoms with Gasteiger partial charge in [0.25, 0.3) is 11.8 Å². The Balaban J connectivity index is 1.45. The van der Waals surface area contributed by atoms with Crippen molar-refractivity contribution in [2.75, 3.05) is 12.5 Å². The Morgan fingerprint density at radius 3 is 2.43 bits per heavy atom. The molecule has 46 heavy (non-hydrogen) atoms. The molecule has 4 aromatic rings. The largest absolute Gasteiger partial charge is 0.504 e. The molecule has 2 fully saturated rings. The maximum atomic E-state index is 15.0. The summed E-state index contributed by atoms with van der Waals surface area (Å²) in [5, 5.41) is 11.3. The smallest absolute Gasteiger partial charge is 0.347 e. The number of nitrogens with zero attached hydrogens (tertiary/aromatic N) is 4. The summed E-state index contributed by atoms with van der Waals surface area (Å²) in [6.07, 6.45) is 5.78. The minimum atomic E-state index is -1.36. The third kappa shape index (κ3) is 4.18. The molecule has 4 atom stereocenters. The lowest BCUT2D eigenvalue weighted by Crippen LogP contribution is -2.54. The lowest BCUT2D eigenvalue weighted by Gasteiger charge is -2.47. The van der Waals surface area contributed by atoms with E-state index in [1.807, 2.05) is 79.7 Å². The number of carbonyl (C=O) groups excluding carboxylic acids is 2. The van der Waals surface area contributed by atoms with Crippen molar-refractivity contribution < 1.29 is 19.4 Å². The third-order valence-electron chi connectivity index (χ3n) is 9.59. The number of nitrogens with one attached hydrogen (secondary N) is 1. The molecule has 3 heterocycles. The molecule has 3 aliphatic rings. The quantitative estimate of drug-likeness (QED) is 0.250. The summed E-state index contributed by atoms with van der Waals surface area (Å²) >= 11 is 0. The molecule has 1 saturated heterocycles. The van der Waals surface area contributed by atoms with Crippen LogP contribution in [0.1, 0.15) is 29.2 Å². The van der Waals surface area contributed by atoms with Gasteiger partial charge in [0.1, 0.15) is 0 Å². The Bertz CT molecular complexity index is 2060. The fourth-order valence-electron chi connectivity index (χ4n) is 7.37. The molecule has 0 spiro atoms. The number of amides is 2. The number of aromatic nitrogens is 3. The molecular formula is C35H33N5O6. The van der Waals surface area contributed by atoms with E-state index in [4.69, 9.17) is 4.74 Å². The van der Waals surface area contributed by atoms with E-state index in [2.05, 4.69) is 5.43 Å². The number of benzene rings is 3. The van der Waals surface area contributed by atoms with Crippen LogP contribution in [0.3, 0.4) is 0 Å². The molecule has 2 amide bonds. The number of methoxy groups -OCH3 is 1. The minimum Gasteiger partial charge on any atom is -0.504 e. The van der Waals surface area contributed by atoms with Gasteiger partial charge in [-0.1, -0.05) is 72.3 Å². The molecule has 11 nitrogen and oxygen atoms in total. The maximum absolute atomic E-state index is 15.0. The number of ether oxygens (including phenoxy) is 1. The Kier molecular flexibility index (Phi) is 6.84. The van der Waals surface area contributed by atoms with Crippen LogP contribution in [-0.4, -0.2) is 43.0 Å². The van der Waals surface area contributed by atoms with Crippen molar-refractivity contribution in [3.8, 4) is 11.5 Å². The van der Waals surface area contributed by atoms with Crippen LogP contribution in [-0.2, 0) is 28.6 Å². The minimum absolute atomic E-state index is 0.0102. The number of carbonyl (C=O) groups is 2. The first-order valence-electron chi connectivity index (χ1n) is 15.1. The highest BCUT2D eigenvalue weighted by Crippen LogP contribution is 2.58. The van der Waals surface area contributed by atoms with Crippen molar-refractivity contribution in [3.05, 3.63) is 128 Å². The first-order valence-corrected chi connectivity index (χ1v) is 15.1. The van der Waals surface area contributed by atoms with E-state index in [-0.39, 0.29) is 24.5 Å². The van der Waals surface area contributed by atoms with Crippen molar-refractivity contribution in [2.24, 2.45) is 18.9 Å². The molecule has 0 radical (unpaired) electrons. The molecule has 234 valence electrons. The fourth-order valence-corrected chi connectivity index (χ4v) is 7.37. The Morgan fingerprint density at radius 1 is 0.978 bits per heavy atom. The number of hydrogen-bond acceptors (Lipinski definition) is 7. The fraction of sp³-hybridized carbons (Fsp3) is 0.257. The van der Waals surface area contributed by atoms with Gasteiger partial charge in [-0.2, -0.15) is 5.01 Å². The van der Waals surface area contributed by atoms with Crippen molar-refractivity contribution in [1.82, 2.24) is 18.9 Å². The lowest BCUT2D eigenvalue weighted by atomic mass is 9.54. The summed E-state index contributed by atoms with van der Waals surface area (Å²) in [5.41, 5.74) is 4.55. The summed E-state index contributed by atoms with van der Waals surface area (Å²) in [6, 6.07) is 21.0. The van der Waals surface area contributed by atoms with Gasteiger partial charge in [-0.15, -0.1) is 0 Å². The molecule has 0 unspecified atom stereocenters. The van der Waals surface area contributed by atoms with Gasteiger partial charge in [-0.25, -0.2) is 23.5 Å². The van der Waals surface area contributed by atoms with Crippen LogP contribution in [0.2, 0.25) is 0 Å². The predicted molar refractivity (Wildman–Crippen MR) is 171 cm³/mol. The molecule has 11 heteroatoms. The van der Waals surface area contributed by atoms with Crippen molar-refractivity contribution in [3.63, 3.8) is 0 Å². The summed E-state index contributed by atoms with van der Waals surface area (Å²) in [5.74, 6) is -2.10. The van der Waals surface area contributed by atoms with Crippen molar-refractivity contribution in [2.45, 2.75) is 31.3 Å². The molecule has 0 bridgehead atoms. The van der Waals surface area contributed by atoms with Gasteiger partial charge in [0.05, 0.1) is 36.7 Å². The summed E-state index contributed by atoms with van der Waals surface area (Å²) in [4.78, 5) is 55.9. The zero-order chi connectivity index (χ0) is 32.3. The lowest BCUT2D eigenvalue weighted by molar-refractivity contribution is -0.138. The van der Waals surface area contributed by atoms with E-state index >= 15 is 0 Å². The molecular weight excluding hydrogens is 586 g/mol. The zero-order valence-electron chi connectivity index (χ0n) is 25.6.